The zero-order valence-corrected chi connectivity index (χ0v) is 25.2. The molecule has 6 nitrogen and oxygen atoms in total. The smallest absolute Gasteiger partial charge is 0.410 e. The van der Waals surface area contributed by atoms with Crippen molar-refractivity contribution in [2.45, 2.75) is 103 Å². The van der Waals surface area contributed by atoms with E-state index < -0.39 is 0 Å². The summed E-state index contributed by atoms with van der Waals surface area (Å²) in [5.74, 6) is 0.662. The highest BCUT2D eigenvalue weighted by molar-refractivity contribution is 5.80. The van der Waals surface area contributed by atoms with Crippen molar-refractivity contribution in [1.82, 2.24) is 14.7 Å². The minimum atomic E-state index is -0.294. The fourth-order valence-electron chi connectivity index (χ4n) is 8.45. The van der Waals surface area contributed by atoms with Crippen LogP contribution in [0.4, 0.5) is 9.18 Å². The highest BCUT2D eigenvalue weighted by atomic mass is 19.1. The zero-order chi connectivity index (χ0) is 28.5. The summed E-state index contributed by atoms with van der Waals surface area (Å²) >= 11 is 0. The minimum Gasteiger partial charge on any atom is -0.447 e. The lowest BCUT2D eigenvalue weighted by Crippen LogP contribution is -2.55. The van der Waals surface area contributed by atoms with E-state index in [-0.39, 0.29) is 40.6 Å². The Morgan fingerprint density at radius 2 is 1.68 bits per heavy atom. The van der Waals surface area contributed by atoms with E-state index in [1.165, 1.54) is 44.2 Å². The number of likely N-dealkylation sites (tertiary alicyclic amines) is 1. The van der Waals surface area contributed by atoms with E-state index in [1.54, 1.807) is 0 Å². The fraction of sp³-hybridized carbons (Fsp3) is 0.758. The standard InChI is InChI=1S/C33H50FN3O3/c1-5-35(6-2)27-20-28(24-12-14-26(34)15-13-24)29(21-27)30(38)36-18-16-33(17-19-36,25-10-8-7-9-11-25)22-37-31(39)40-23-32(37,3)4/h12-15,25,27-29H,5-11,16-23H2,1-4H3. The van der Waals surface area contributed by atoms with E-state index in [0.717, 1.165) is 64.0 Å². The summed E-state index contributed by atoms with van der Waals surface area (Å²) in [6.07, 6.45) is 9.76. The maximum absolute atomic E-state index is 14.2. The van der Waals surface area contributed by atoms with Crippen molar-refractivity contribution in [2.24, 2.45) is 17.3 Å². The van der Waals surface area contributed by atoms with Gasteiger partial charge in [-0.1, -0.05) is 45.2 Å². The van der Waals surface area contributed by atoms with Crippen molar-refractivity contribution in [3.05, 3.63) is 35.6 Å². The van der Waals surface area contributed by atoms with Crippen molar-refractivity contribution < 1.29 is 18.7 Å². The van der Waals surface area contributed by atoms with Crippen LogP contribution in [-0.2, 0) is 9.53 Å². The SMILES string of the molecule is CCN(CC)C1CC(C(=O)N2CCC(CN3C(=O)OCC3(C)C)(C3CCCCC3)CC2)C(c2ccc(F)cc2)C1. The van der Waals surface area contributed by atoms with Crippen LogP contribution in [-0.4, -0.2) is 77.6 Å². The highest BCUT2D eigenvalue weighted by Crippen LogP contribution is 2.49. The number of hydrogen-bond donors (Lipinski definition) is 0. The largest absolute Gasteiger partial charge is 0.447 e. The van der Waals surface area contributed by atoms with Gasteiger partial charge in [0.2, 0.25) is 5.91 Å². The fourth-order valence-corrected chi connectivity index (χ4v) is 8.45. The topological polar surface area (TPSA) is 53.1 Å². The molecule has 0 spiro atoms. The number of nitrogens with zero attached hydrogens (tertiary/aromatic N) is 3. The molecule has 2 amide bonds. The van der Waals surface area contributed by atoms with Crippen LogP contribution in [0.5, 0.6) is 0 Å². The summed E-state index contributed by atoms with van der Waals surface area (Å²) in [6.45, 7) is 13.2. The number of carbonyl (C=O) groups is 2. The average Bonchev–Trinajstić information content (AvgIpc) is 3.51. The molecule has 3 atom stereocenters. The predicted octanol–water partition coefficient (Wildman–Crippen LogP) is 6.45. The van der Waals surface area contributed by atoms with Gasteiger partial charge in [0, 0.05) is 31.6 Å². The van der Waals surface area contributed by atoms with Crippen molar-refractivity contribution in [3.8, 4) is 0 Å². The van der Waals surface area contributed by atoms with Gasteiger partial charge in [-0.05, 0) is 100 Å². The quantitative estimate of drug-likeness (QED) is 0.370. The van der Waals surface area contributed by atoms with Gasteiger partial charge in [0.25, 0.3) is 0 Å². The van der Waals surface area contributed by atoms with Crippen LogP contribution in [0, 0.1) is 23.1 Å². The summed E-state index contributed by atoms with van der Waals surface area (Å²) < 4.78 is 19.2. The van der Waals surface area contributed by atoms with E-state index in [1.807, 2.05) is 17.0 Å². The molecule has 1 aromatic rings. The van der Waals surface area contributed by atoms with Crippen molar-refractivity contribution in [2.75, 3.05) is 39.3 Å². The van der Waals surface area contributed by atoms with Crippen LogP contribution in [0.15, 0.2) is 24.3 Å². The van der Waals surface area contributed by atoms with Gasteiger partial charge < -0.3 is 14.5 Å². The van der Waals surface area contributed by atoms with E-state index in [0.29, 0.717) is 18.6 Å². The van der Waals surface area contributed by atoms with Gasteiger partial charge >= 0.3 is 6.09 Å². The van der Waals surface area contributed by atoms with Crippen molar-refractivity contribution >= 4 is 12.0 Å². The van der Waals surface area contributed by atoms with Crippen molar-refractivity contribution in [1.29, 1.82) is 0 Å². The number of hydrogen-bond acceptors (Lipinski definition) is 4. The Morgan fingerprint density at radius 3 is 2.25 bits per heavy atom. The van der Waals surface area contributed by atoms with E-state index >= 15 is 0 Å². The molecule has 0 N–H and O–H groups in total. The van der Waals surface area contributed by atoms with Crippen LogP contribution in [0.3, 0.4) is 0 Å². The van der Waals surface area contributed by atoms with Gasteiger partial charge in [-0.15, -0.1) is 0 Å². The molecular formula is C33H50FN3O3. The summed E-state index contributed by atoms with van der Waals surface area (Å²) in [6, 6.07) is 7.20. The molecule has 3 unspecified atom stereocenters. The van der Waals surface area contributed by atoms with Gasteiger partial charge in [0.15, 0.2) is 0 Å². The first-order valence-corrected chi connectivity index (χ1v) is 15.9. The second kappa shape index (κ2) is 12.0. The molecule has 0 aromatic heterocycles. The van der Waals surface area contributed by atoms with Gasteiger partial charge in [0.1, 0.15) is 12.4 Å². The lowest BCUT2D eigenvalue weighted by Gasteiger charge is -2.51. The van der Waals surface area contributed by atoms with E-state index in [2.05, 4.69) is 37.5 Å². The molecular weight excluding hydrogens is 505 g/mol. The molecule has 5 rings (SSSR count). The van der Waals surface area contributed by atoms with Crippen LogP contribution in [0.2, 0.25) is 0 Å². The number of cyclic esters (lactones) is 1. The van der Waals surface area contributed by atoms with Gasteiger partial charge in [-0.3, -0.25) is 9.69 Å². The molecule has 2 saturated heterocycles. The minimum absolute atomic E-state index is 0.0353. The number of carbonyl (C=O) groups excluding carboxylic acids is 2. The number of rotatable bonds is 8. The third kappa shape index (κ3) is 5.77. The number of amides is 2. The van der Waals surface area contributed by atoms with Gasteiger partial charge in [-0.2, -0.15) is 0 Å². The lowest BCUT2D eigenvalue weighted by molar-refractivity contribution is -0.139. The third-order valence-corrected chi connectivity index (χ3v) is 11.0. The van der Waals surface area contributed by atoms with Gasteiger partial charge in [0.05, 0.1) is 5.54 Å². The first-order chi connectivity index (χ1) is 19.2. The average molecular weight is 556 g/mol. The molecule has 0 bridgehead atoms. The van der Waals surface area contributed by atoms with Crippen LogP contribution in [0.1, 0.15) is 97.0 Å². The molecule has 2 heterocycles. The third-order valence-electron chi connectivity index (χ3n) is 11.0. The Morgan fingerprint density at radius 1 is 1.02 bits per heavy atom. The first-order valence-electron chi connectivity index (χ1n) is 15.9. The summed E-state index contributed by atoms with van der Waals surface area (Å²) in [7, 11) is 0. The maximum Gasteiger partial charge on any atom is 0.410 e. The molecule has 4 fully saturated rings. The molecule has 40 heavy (non-hydrogen) atoms. The molecule has 4 aliphatic rings. The Kier molecular flexibility index (Phi) is 8.80. The lowest BCUT2D eigenvalue weighted by atomic mass is 9.63. The zero-order valence-electron chi connectivity index (χ0n) is 25.2. The molecule has 2 saturated carbocycles. The molecule has 0 radical (unpaired) electrons. The Balaban J connectivity index is 1.34. The predicted molar refractivity (Wildman–Crippen MR) is 156 cm³/mol. The second-order valence-corrected chi connectivity index (χ2v) is 13.6. The Labute approximate surface area is 240 Å². The molecule has 7 heteroatoms. The number of ether oxygens (including phenoxy) is 1. The Bertz CT molecular complexity index is 1030. The Hall–Kier alpha value is -2.15. The summed E-state index contributed by atoms with van der Waals surface area (Å²) in [4.78, 5) is 33.6. The summed E-state index contributed by atoms with van der Waals surface area (Å²) in [5, 5.41) is 0. The van der Waals surface area contributed by atoms with Crippen LogP contribution in [0.25, 0.3) is 0 Å². The molecule has 2 aliphatic heterocycles. The highest BCUT2D eigenvalue weighted by Gasteiger charge is 2.50. The van der Waals surface area contributed by atoms with Crippen LogP contribution >= 0.6 is 0 Å². The van der Waals surface area contributed by atoms with Gasteiger partial charge in [-0.25, -0.2) is 9.18 Å². The number of halogens is 1. The van der Waals surface area contributed by atoms with E-state index in [4.69, 9.17) is 4.74 Å². The summed E-state index contributed by atoms with van der Waals surface area (Å²) in [5.41, 5.74) is 0.822. The van der Waals surface area contributed by atoms with Crippen LogP contribution < -0.4 is 0 Å². The number of benzene rings is 1. The molecule has 2 aliphatic carbocycles. The molecule has 1 aromatic carbocycles. The van der Waals surface area contributed by atoms with E-state index in [9.17, 15) is 14.0 Å². The maximum atomic E-state index is 14.2. The van der Waals surface area contributed by atoms with Crippen molar-refractivity contribution in [3.63, 3.8) is 0 Å². The monoisotopic (exact) mass is 555 g/mol. The first kappa shape index (κ1) is 29.3. The number of piperidine rings is 1. The molecule has 222 valence electrons. The normalized spacial score (nSPS) is 28.8. The second-order valence-electron chi connectivity index (χ2n) is 13.6.